The number of imidazole rings is 4. The molecule has 0 spiro atoms. The Morgan fingerprint density at radius 1 is 0.383 bits per heavy atom. The minimum absolute atomic E-state index is 0.153. The molecule has 21 rings (SSSR count). The maximum atomic E-state index is 11.4. The number of anilines is 6. The van der Waals surface area contributed by atoms with E-state index >= 15 is 0 Å². The van der Waals surface area contributed by atoms with Gasteiger partial charge in [0.15, 0.2) is 56.6 Å². The topological polar surface area (TPSA) is 504 Å². The number of fused-ring (bicyclic) bond motifs is 5. The number of aromatic nitrogens is 21. The lowest BCUT2D eigenvalue weighted by Crippen LogP contribution is -2.60. The van der Waals surface area contributed by atoms with Gasteiger partial charge in [-0.25, -0.2) is 29.6 Å². The van der Waals surface area contributed by atoms with Crippen molar-refractivity contribution in [2.75, 3.05) is 109 Å². The van der Waals surface area contributed by atoms with E-state index in [1.54, 1.807) is 148 Å². The fraction of sp³-hybridized carbons (Fsp3) is 0.258. The number of carboxylic acid groups (broad SMARTS) is 3. The zero-order chi connectivity index (χ0) is 92.5. The first-order chi connectivity index (χ1) is 64.2. The Morgan fingerprint density at radius 3 is 1.24 bits per heavy atom. The van der Waals surface area contributed by atoms with Gasteiger partial charge in [0.05, 0.1) is 70.7 Å². The summed E-state index contributed by atoms with van der Waals surface area (Å²) in [4.78, 5) is 113. The number of carbonyl (C=O) groups is 3. The van der Waals surface area contributed by atoms with Crippen LogP contribution in [0.3, 0.4) is 0 Å². The van der Waals surface area contributed by atoms with Crippen molar-refractivity contribution < 1.29 is 65.4 Å². The summed E-state index contributed by atoms with van der Waals surface area (Å²) in [6.45, 7) is 5.00. The number of aliphatic hydroxyl groups is 4. The number of aryl methyl sites for hydroxylation is 1. The van der Waals surface area contributed by atoms with E-state index < -0.39 is 40.3 Å². The van der Waals surface area contributed by atoms with E-state index in [2.05, 4.69) is 54.9 Å². The monoisotopic (exact) mass is 1790 g/mol. The van der Waals surface area contributed by atoms with Gasteiger partial charge < -0.3 is 85.0 Å². The minimum Gasteiger partial charge on any atom is -0.508 e. The highest BCUT2D eigenvalue weighted by Gasteiger charge is 2.45. The lowest BCUT2D eigenvalue weighted by Gasteiger charge is -2.46. The van der Waals surface area contributed by atoms with Gasteiger partial charge in [0, 0.05) is 95.9 Å². The van der Waals surface area contributed by atoms with Crippen LogP contribution in [0.5, 0.6) is 17.2 Å². The molecule has 133 heavy (non-hydrogen) atoms. The third-order valence-electron chi connectivity index (χ3n) is 24.3. The molecule has 0 aliphatic carbocycles. The van der Waals surface area contributed by atoms with Crippen LogP contribution in [0.1, 0.15) is 66.5 Å². The molecule has 0 unspecified atom stereocenters. The zero-order valence-corrected chi connectivity index (χ0v) is 72.2. The number of para-hydroxylation sites is 1. The fourth-order valence-corrected chi connectivity index (χ4v) is 17.1. The molecule has 0 radical (unpaired) electrons. The predicted octanol–water partition coefficient (Wildman–Crippen LogP) is 8.52. The molecule has 0 bridgehead atoms. The number of benzene rings is 5. The van der Waals surface area contributed by atoms with Crippen LogP contribution in [0.4, 0.5) is 35.4 Å². The van der Waals surface area contributed by atoms with E-state index in [0.29, 0.717) is 166 Å². The number of rotatable bonds is 20. The quantitative estimate of drug-likeness (QED) is 0.0341. The van der Waals surface area contributed by atoms with Crippen LogP contribution >= 0.6 is 0 Å². The molecule has 5 aromatic carbocycles. The smallest absolute Gasteiger partial charge is 0.323 e. The summed E-state index contributed by atoms with van der Waals surface area (Å²) in [5, 5.41) is 107. The molecule has 0 atom stereocenters. The summed E-state index contributed by atoms with van der Waals surface area (Å²) in [5.41, 5.74) is 7.76. The van der Waals surface area contributed by atoms with E-state index in [9.17, 15) is 65.4 Å². The van der Waals surface area contributed by atoms with Gasteiger partial charge in [-0.2, -0.15) is 40.0 Å². The third kappa shape index (κ3) is 18.1. The first kappa shape index (κ1) is 87.4. The molecule has 17 aromatic rings. The Morgan fingerprint density at radius 2 is 0.782 bits per heavy atom. The molecule has 0 saturated carbocycles. The number of pyridine rings is 3. The van der Waals surface area contributed by atoms with Gasteiger partial charge in [0.25, 0.3) is 0 Å². The predicted molar refractivity (Wildman–Crippen MR) is 490 cm³/mol. The Bertz CT molecular complexity index is 6870. The SMILES string of the molecule is CN(CC(=O)O)c1nc(N2CCC(O)(c3ccc(O)cc3)CC2)nc2c1ncn2-c1ccncc1.CN(CC(=O)O)c1nc(N2CCC(O)(c3ccc(O)cc3)CC2)nc2c1ncn2-c1ccncc1.Cc1nc(N2CCC(O)(c3cccc(O)c3)CC2)nc2c1ncn2-c1ccncc1.O=C(O)Cn1cnc2c(-n3ncc4ccccc43)nc(N3CC(O)(c4ccccc4)C3)nc21. The van der Waals surface area contributed by atoms with E-state index in [1.807, 2.05) is 132 Å². The van der Waals surface area contributed by atoms with Crippen molar-refractivity contribution >= 4 is 109 Å². The van der Waals surface area contributed by atoms with Crippen molar-refractivity contribution in [1.29, 1.82) is 0 Å². The molecule has 10 N–H and O–H groups in total. The summed E-state index contributed by atoms with van der Waals surface area (Å²) < 4.78 is 8.72. The number of β-amino-alcohol motifs (C(OH)–C–C–N with tert-alkyl or cyclic N) is 1. The number of aliphatic carboxylic acids is 3. The highest BCUT2D eigenvalue weighted by Crippen LogP contribution is 2.42. The van der Waals surface area contributed by atoms with Gasteiger partial charge in [-0.05, 0) is 147 Å². The van der Waals surface area contributed by atoms with Gasteiger partial charge in [0.2, 0.25) is 23.8 Å². The number of likely N-dealkylation sites (N-methyl/N-ethyl adjacent to an activating group) is 2. The molecule has 4 fully saturated rings. The molecule has 0 amide bonds. The standard InChI is InChI=1S/2C24H25N7O4.C23H19N7O3.C22H22N6O2/c2*1-29(14-19(33)34)21-20-22(31(15-26-20)17-6-10-25-11-7-17)28-23(27-21)30-12-8-24(35,9-13-30)16-2-4-18(32)5-3-16;31-18(32)11-28-14-24-19-20(28)26-22(29-12-23(33,13-29)16-7-2-1-3-8-16)27-21(19)30-17-9-5-4-6-15(17)10-25-30;1-15-19-20(28(14-24-19)17-5-9-23-10-6-17)26-21(25-15)27-11-7-22(30,8-12-27)16-3-2-4-18(29)13-16/h2*2-7,10-11,15,32,35H,8-9,12-14H2,1H3,(H,33,34);1-10,14,33H,11-13H2,(H,31,32);2-6,9-10,13-14,29-30H,7-8,11-12H2,1H3. The summed E-state index contributed by atoms with van der Waals surface area (Å²) in [6, 6.07) is 48.5. The molecule has 4 saturated heterocycles. The van der Waals surface area contributed by atoms with Crippen LogP contribution in [0.25, 0.3) is 78.4 Å². The molecule has 676 valence electrons. The van der Waals surface area contributed by atoms with E-state index in [4.69, 9.17) is 29.9 Å². The first-order valence-electron chi connectivity index (χ1n) is 42.7. The normalized spacial score (nSPS) is 15.5. The van der Waals surface area contributed by atoms with Crippen LogP contribution in [-0.4, -0.2) is 251 Å². The Labute approximate surface area is 757 Å². The molecule has 4 aliphatic heterocycles. The molecule has 12 aromatic heterocycles. The van der Waals surface area contributed by atoms with Crippen LogP contribution in [0, 0.1) is 6.92 Å². The van der Waals surface area contributed by atoms with Crippen molar-refractivity contribution in [2.24, 2.45) is 0 Å². The lowest BCUT2D eigenvalue weighted by atomic mass is 9.84. The van der Waals surface area contributed by atoms with Crippen molar-refractivity contribution in [3.8, 4) is 40.1 Å². The number of hydrogen-bond donors (Lipinski definition) is 10. The second kappa shape index (κ2) is 36.3. The number of phenolic OH excluding ortho intramolecular Hbond substituents is 3. The van der Waals surface area contributed by atoms with Crippen molar-refractivity contribution in [2.45, 2.75) is 74.4 Å². The van der Waals surface area contributed by atoms with E-state index in [0.717, 1.165) is 67.1 Å². The maximum absolute atomic E-state index is 11.4. The maximum Gasteiger partial charge on any atom is 0.323 e. The number of carboxylic acids is 3. The van der Waals surface area contributed by atoms with Gasteiger partial charge in [-0.3, -0.25) is 43.0 Å². The number of piperidine rings is 3. The second-order valence-electron chi connectivity index (χ2n) is 33.1. The molecule has 4 aliphatic rings. The lowest BCUT2D eigenvalue weighted by molar-refractivity contribution is -0.138. The number of phenols is 3. The molecular formula is C93H91N27O13. The largest absolute Gasteiger partial charge is 0.508 e. The average Bonchev–Trinajstić information content (AvgIpc) is 1.67. The third-order valence-corrected chi connectivity index (χ3v) is 24.3. The second-order valence-corrected chi connectivity index (χ2v) is 33.1. The molecular weight excluding hydrogens is 1700 g/mol. The summed E-state index contributed by atoms with van der Waals surface area (Å²) >= 11 is 0. The summed E-state index contributed by atoms with van der Waals surface area (Å²) in [6.07, 6.45) is 21.2. The van der Waals surface area contributed by atoms with Gasteiger partial charge in [0.1, 0.15) is 67.0 Å². The zero-order valence-electron chi connectivity index (χ0n) is 72.2. The highest BCUT2D eigenvalue weighted by molar-refractivity contribution is 5.90. The Hall–Kier alpha value is -16.3. The minimum atomic E-state index is -1.02. The van der Waals surface area contributed by atoms with E-state index in [1.165, 1.54) is 20.7 Å². The summed E-state index contributed by atoms with van der Waals surface area (Å²) in [7, 11) is 3.32. The Balaban J connectivity index is 0.000000119. The van der Waals surface area contributed by atoms with Crippen molar-refractivity contribution in [3.63, 3.8) is 0 Å². The van der Waals surface area contributed by atoms with Crippen LogP contribution in [-0.2, 0) is 43.3 Å². The first-order valence-corrected chi connectivity index (χ1v) is 42.7. The van der Waals surface area contributed by atoms with Gasteiger partial charge in [-0.1, -0.05) is 84.9 Å². The van der Waals surface area contributed by atoms with E-state index in [-0.39, 0.29) is 36.9 Å². The van der Waals surface area contributed by atoms with Crippen LogP contribution in [0.15, 0.2) is 232 Å². The number of nitrogens with zero attached hydrogens (tertiary/aromatic N) is 27. The average molecular weight is 1790 g/mol. The van der Waals surface area contributed by atoms with Crippen molar-refractivity contribution in [1.82, 2.24) is 103 Å². The molecule has 40 heteroatoms. The van der Waals surface area contributed by atoms with Crippen molar-refractivity contribution in [3.05, 3.63) is 260 Å². The Kier molecular flexibility index (Phi) is 23.9. The molecule has 16 heterocycles. The van der Waals surface area contributed by atoms with Crippen LogP contribution in [0.2, 0.25) is 0 Å². The highest BCUT2D eigenvalue weighted by atomic mass is 16.4. The molecule has 40 nitrogen and oxygen atoms in total. The summed E-state index contributed by atoms with van der Waals surface area (Å²) in [5.74, 6) is 0.688. The number of aromatic hydroxyl groups is 3. The van der Waals surface area contributed by atoms with Gasteiger partial charge in [-0.15, -0.1) is 0 Å². The number of hydrogen-bond acceptors (Lipinski definition) is 32. The fourth-order valence-electron chi connectivity index (χ4n) is 17.1. The van der Waals surface area contributed by atoms with Crippen LogP contribution < -0.4 is 29.4 Å². The van der Waals surface area contributed by atoms with Gasteiger partial charge >= 0.3 is 17.9 Å².